The minimum Gasteiger partial charge on any atom is -0.474 e. The molecule has 206 valence electrons. The Hall–Kier alpha value is -4.05. The van der Waals surface area contributed by atoms with Crippen LogP contribution in [-0.2, 0) is 16.1 Å². The van der Waals surface area contributed by atoms with E-state index in [0.29, 0.717) is 36.2 Å². The number of carbonyl (C=O) groups is 2. The molecule has 2 aromatic rings. The molecule has 1 heterocycles. The molecule has 1 aromatic heterocycles. The largest absolute Gasteiger partial charge is 0.474 e. The molecule has 10 heteroatoms. The third-order valence-corrected chi connectivity index (χ3v) is 5.24. The Kier molecular flexibility index (Phi) is 11.1. The predicted octanol–water partition coefficient (Wildman–Crippen LogP) is 3.20. The number of carbonyl (C=O) groups excluding carboxylic acids is 2. The van der Waals surface area contributed by atoms with Crippen molar-refractivity contribution in [2.75, 3.05) is 51.4 Å². The number of pyridine rings is 1. The smallest absolute Gasteiger partial charge is 0.274 e. The van der Waals surface area contributed by atoms with Crippen molar-refractivity contribution in [3.63, 3.8) is 0 Å². The number of para-hydroxylation sites is 2. The molecule has 10 nitrogen and oxygen atoms in total. The molecule has 0 saturated carbocycles. The van der Waals surface area contributed by atoms with Crippen LogP contribution in [0, 0.1) is 0 Å². The van der Waals surface area contributed by atoms with Crippen molar-refractivity contribution in [2.45, 2.75) is 32.9 Å². The van der Waals surface area contributed by atoms with Gasteiger partial charge in [-0.3, -0.25) is 14.6 Å². The number of ether oxygens (including phenoxy) is 1. The van der Waals surface area contributed by atoms with Gasteiger partial charge in [0, 0.05) is 32.9 Å². The third-order valence-electron chi connectivity index (χ3n) is 5.24. The van der Waals surface area contributed by atoms with Gasteiger partial charge in [-0.2, -0.15) is 0 Å². The molecule has 38 heavy (non-hydrogen) atoms. The monoisotopic (exact) mass is 523 g/mol. The van der Waals surface area contributed by atoms with Crippen LogP contribution in [0.5, 0.6) is 0 Å². The van der Waals surface area contributed by atoms with Crippen molar-refractivity contribution in [3.05, 3.63) is 78.7 Å². The lowest BCUT2D eigenvalue weighted by Gasteiger charge is -2.28. The fraction of sp³-hybridized carbons (Fsp3) is 0.393. The van der Waals surface area contributed by atoms with Crippen LogP contribution in [0.1, 0.15) is 36.8 Å². The molecule has 4 N–H and O–H groups in total. The Morgan fingerprint density at radius 3 is 2.21 bits per heavy atom. The number of likely N-dealkylation sites (N-methyl/N-ethyl adjacent to an activating group) is 2. The number of rotatable bonds is 14. The summed E-state index contributed by atoms with van der Waals surface area (Å²) in [5, 5.41) is 11.7. The van der Waals surface area contributed by atoms with Gasteiger partial charge in [-0.15, -0.1) is 0 Å². The highest BCUT2D eigenvalue weighted by molar-refractivity contribution is 6.04. The molecule has 0 aliphatic heterocycles. The minimum absolute atomic E-state index is 0.126. The molecule has 0 bridgehead atoms. The van der Waals surface area contributed by atoms with Crippen LogP contribution in [-0.4, -0.2) is 73.0 Å². The van der Waals surface area contributed by atoms with Gasteiger partial charge in [-0.05, 0) is 65.2 Å². The first-order valence-electron chi connectivity index (χ1n) is 12.4. The number of hydrogen-bond acceptors (Lipinski definition) is 8. The number of aromatic nitrogens is 1. The van der Waals surface area contributed by atoms with Crippen LogP contribution >= 0.6 is 0 Å². The number of hydrogen-bond donors (Lipinski definition) is 4. The molecule has 0 fully saturated rings. The second-order valence-corrected chi connectivity index (χ2v) is 10.0. The molecule has 0 atom stereocenters. The van der Waals surface area contributed by atoms with Gasteiger partial charge in [0.25, 0.3) is 5.91 Å². The van der Waals surface area contributed by atoms with E-state index in [0.717, 1.165) is 12.1 Å². The van der Waals surface area contributed by atoms with Crippen molar-refractivity contribution in [1.82, 2.24) is 25.4 Å². The minimum atomic E-state index is -0.400. The van der Waals surface area contributed by atoms with E-state index in [1.54, 1.807) is 25.4 Å². The van der Waals surface area contributed by atoms with Crippen molar-refractivity contribution >= 4 is 23.2 Å². The molecule has 2 amide bonds. The standard InChI is InChI=1S/C28H41N7O3/c1-20(30-18-26(36)29-6)35(16-15-34(7)8)19-22-13-14-25(31-17-22)27(37)33-24-12-10-9-11-23(24)32-21(2)38-28(3,4)5/h9-14,17,30,32H,1-2,15-16,18-19H2,3-8H3,(H,29,36)(H,33,37). The summed E-state index contributed by atoms with van der Waals surface area (Å²) in [7, 11) is 5.58. The average Bonchev–Trinajstić information content (AvgIpc) is 2.85. The van der Waals surface area contributed by atoms with E-state index < -0.39 is 5.60 Å². The summed E-state index contributed by atoms with van der Waals surface area (Å²) in [5.41, 5.74) is 2.02. The Balaban J connectivity index is 2.07. The lowest BCUT2D eigenvalue weighted by atomic mass is 10.2. The highest BCUT2D eigenvalue weighted by atomic mass is 16.5. The second-order valence-electron chi connectivity index (χ2n) is 10.0. The maximum absolute atomic E-state index is 12.9. The topological polar surface area (TPSA) is 111 Å². The number of nitrogens with one attached hydrogen (secondary N) is 4. The molecule has 0 unspecified atom stereocenters. The molecule has 0 aliphatic rings. The normalized spacial score (nSPS) is 10.9. The number of benzene rings is 1. The van der Waals surface area contributed by atoms with Crippen molar-refractivity contribution in [1.29, 1.82) is 0 Å². The highest BCUT2D eigenvalue weighted by Crippen LogP contribution is 2.24. The summed E-state index contributed by atoms with van der Waals surface area (Å²) in [5.74, 6) is 0.554. The fourth-order valence-electron chi connectivity index (χ4n) is 3.32. The summed E-state index contributed by atoms with van der Waals surface area (Å²) in [6.45, 7) is 15.9. The van der Waals surface area contributed by atoms with Gasteiger partial charge in [0.1, 0.15) is 11.3 Å². The first-order chi connectivity index (χ1) is 17.9. The molecular weight excluding hydrogens is 482 g/mol. The Labute approximate surface area is 226 Å². The quantitative estimate of drug-likeness (QED) is 0.280. The summed E-state index contributed by atoms with van der Waals surface area (Å²) in [6, 6.07) is 10.9. The van der Waals surface area contributed by atoms with Gasteiger partial charge in [0.05, 0.1) is 23.7 Å². The van der Waals surface area contributed by atoms with Gasteiger partial charge in [-0.25, -0.2) is 0 Å². The van der Waals surface area contributed by atoms with Gasteiger partial charge in [0.2, 0.25) is 5.91 Å². The molecule has 0 radical (unpaired) electrons. The van der Waals surface area contributed by atoms with E-state index in [1.807, 2.05) is 64.0 Å². The predicted molar refractivity (Wildman–Crippen MR) is 152 cm³/mol. The third kappa shape index (κ3) is 10.5. The summed E-state index contributed by atoms with van der Waals surface area (Å²) in [6.07, 6.45) is 1.67. The number of anilines is 2. The second kappa shape index (κ2) is 14.0. The van der Waals surface area contributed by atoms with E-state index in [2.05, 4.69) is 44.3 Å². The van der Waals surface area contributed by atoms with Gasteiger partial charge >= 0.3 is 0 Å². The lowest BCUT2D eigenvalue weighted by molar-refractivity contribution is -0.119. The SMILES string of the molecule is C=C(Nc1ccccc1NC(=O)c1ccc(CN(CCN(C)C)C(=C)NCC(=O)NC)cn1)OC(C)(C)C. The van der Waals surface area contributed by atoms with Crippen LogP contribution in [0.3, 0.4) is 0 Å². The van der Waals surface area contributed by atoms with Gasteiger partial charge in [0.15, 0.2) is 5.88 Å². The van der Waals surface area contributed by atoms with E-state index in [1.165, 1.54) is 0 Å². The average molecular weight is 524 g/mol. The molecular formula is C28H41N7O3. The summed E-state index contributed by atoms with van der Waals surface area (Å²) in [4.78, 5) is 33.1. The maximum Gasteiger partial charge on any atom is 0.274 e. The van der Waals surface area contributed by atoms with E-state index in [-0.39, 0.29) is 24.1 Å². The van der Waals surface area contributed by atoms with Crippen molar-refractivity contribution < 1.29 is 14.3 Å². The van der Waals surface area contributed by atoms with Crippen LogP contribution in [0.15, 0.2) is 67.5 Å². The van der Waals surface area contributed by atoms with Crippen molar-refractivity contribution in [3.8, 4) is 0 Å². The molecule has 0 saturated heterocycles. The first-order valence-corrected chi connectivity index (χ1v) is 12.4. The Bertz CT molecular complexity index is 1110. The zero-order valence-electron chi connectivity index (χ0n) is 23.4. The maximum atomic E-state index is 12.9. The van der Waals surface area contributed by atoms with Crippen LogP contribution in [0.2, 0.25) is 0 Å². The number of amides is 2. The molecule has 0 aliphatic carbocycles. The molecule has 0 spiro atoms. The lowest BCUT2D eigenvalue weighted by Crippen LogP contribution is -2.39. The van der Waals surface area contributed by atoms with Crippen LogP contribution in [0.25, 0.3) is 0 Å². The zero-order valence-corrected chi connectivity index (χ0v) is 23.4. The van der Waals surface area contributed by atoms with Gasteiger partial charge in [-0.1, -0.05) is 24.8 Å². The van der Waals surface area contributed by atoms with Crippen LogP contribution < -0.4 is 21.3 Å². The first kappa shape index (κ1) is 30.2. The molecule has 2 rings (SSSR count). The summed E-state index contributed by atoms with van der Waals surface area (Å²) >= 11 is 0. The Morgan fingerprint density at radius 2 is 1.66 bits per heavy atom. The highest BCUT2D eigenvalue weighted by Gasteiger charge is 2.16. The van der Waals surface area contributed by atoms with Gasteiger partial charge < -0.3 is 35.8 Å². The van der Waals surface area contributed by atoms with Crippen molar-refractivity contribution in [2.24, 2.45) is 0 Å². The summed E-state index contributed by atoms with van der Waals surface area (Å²) < 4.78 is 5.74. The number of nitrogens with zero attached hydrogens (tertiary/aromatic N) is 3. The van der Waals surface area contributed by atoms with E-state index >= 15 is 0 Å². The van der Waals surface area contributed by atoms with E-state index in [9.17, 15) is 9.59 Å². The Morgan fingerprint density at radius 1 is 1.00 bits per heavy atom. The molecule has 1 aromatic carbocycles. The van der Waals surface area contributed by atoms with E-state index in [4.69, 9.17) is 4.74 Å². The fourth-order valence-corrected chi connectivity index (χ4v) is 3.32. The van der Waals surface area contributed by atoms with Crippen LogP contribution in [0.4, 0.5) is 11.4 Å². The zero-order chi connectivity index (χ0) is 28.3.